The van der Waals surface area contributed by atoms with Gasteiger partial charge < -0.3 is 10.6 Å². The standard InChI is InChI=1S/C11H17N3O.C7H8O3S/c12-7-10-2-1-5-14(10)11(15)8-3-4-9(13)6-8;1-6-2-4-7(5-3-6)11(8,9)10/h8-10H,1-6,13H2;2-5H,1H3,(H,8,9,10)/t8?,9?,10-;/m0./s1. The molecule has 0 bridgehead atoms. The molecule has 1 aliphatic heterocycles. The molecule has 1 amide bonds. The van der Waals surface area contributed by atoms with Gasteiger partial charge in [0.2, 0.25) is 5.91 Å². The Labute approximate surface area is 154 Å². The van der Waals surface area contributed by atoms with Crippen molar-refractivity contribution in [1.29, 1.82) is 5.26 Å². The summed E-state index contributed by atoms with van der Waals surface area (Å²) >= 11 is 0. The van der Waals surface area contributed by atoms with Gasteiger partial charge in [-0.3, -0.25) is 9.35 Å². The third-order valence-corrected chi connectivity index (χ3v) is 5.69. The van der Waals surface area contributed by atoms with Crippen LogP contribution in [0.25, 0.3) is 0 Å². The van der Waals surface area contributed by atoms with E-state index in [9.17, 15) is 13.2 Å². The molecule has 3 N–H and O–H groups in total. The molecule has 142 valence electrons. The van der Waals surface area contributed by atoms with Crippen LogP contribution in [-0.2, 0) is 14.9 Å². The van der Waals surface area contributed by atoms with E-state index in [1.54, 1.807) is 17.0 Å². The van der Waals surface area contributed by atoms with Crippen LogP contribution < -0.4 is 5.73 Å². The molecule has 3 atom stereocenters. The van der Waals surface area contributed by atoms with Gasteiger partial charge in [0, 0.05) is 18.5 Å². The smallest absolute Gasteiger partial charge is 0.294 e. The molecule has 2 fully saturated rings. The van der Waals surface area contributed by atoms with E-state index in [-0.39, 0.29) is 28.8 Å². The topological polar surface area (TPSA) is 124 Å². The molecule has 1 heterocycles. The van der Waals surface area contributed by atoms with E-state index in [1.807, 2.05) is 6.92 Å². The Hall–Kier alpha value is -1.95. The number of nitrogens with zero attached hydrogens (tertiary/aromatic N) is 2. The summed E-state index contributed by atoms with van der Waals surface area (Å²) in [6.07, 6.45) is 4.44. The van der Waals surface area contributed by atoms with Crippen LogP contribution in [0.3, 0.4) is 0 Å². The third-order valence-electron chi connectivity index (χ3n) is 4.83. The highest BCUT2D eigenvalue weighted by atomic mass is 32.2. The Balaban J connectivity index is 0.000000197. The zero-order valence-corrected chi connectivity index (χ0v) is 15.7. The molecule has 1 aliphatic carbocycles. The van der Waals surface area contributed by atoms with E-state index in [2.05, 4.69) is 6.07 Å². The Morgan fingerprint density at radius 2 is 1.92 bits per heavy atom. The van der Waals surface area contributed by atoms with Crippen LogP contribution >= 0.6 is 0 Å². The van der Waals surface area contributed by atoms with Crippen molar-refractivity contribution in [1.82, 2.24) is 4.90 Å². The van der Waals surface area contributed by atoms with Crippen molar-refractivity contribution in [2.75, 3.05) is 6.54 Å². The first kappa shape index (κ1) is 20.4. The summed E-state index contributed by atoms with van der Waals surface area (Å²) in [4.78, 5) is 13.8. The van der Waals surface area contributed by atoms with Crippen molar-refractivity contribution in [3.63, 3.8) is 0 Å². The Kier molecular flexibility index (Phi) is 6.75. The number of carbonyl (C=O) groups excluding carboxylic acids is 1. The number of likely N-dealkylation sites (tertiary alicyclic amines) is 1. The minimum atomic E-state index is -4.02. The highest BCUT2D eigenvalue weighted by molar-refractivity contribution is 7.85. The van der Waals surface area contributed by atoms with Gasteiger partial charge >= 0.3 is 0 Å². The van der Waals surface area contributed by atoms with Crippen LogP contribution in [0.4, 0.5) is 0 Å². The maximum atomic E-state index is 12.1. The SMILES string of the molecule is Cc1ccc(S(=O)(=O)O)cc1.N#C[C@@H]1CCCN1C(=O)C1CCC(N)C1. The minimum absolute atomic E-state index is 0.0666. The monoisotopic (exact) mass is 379 g/mol. The maximum absolute atomic E-state index is 12.1. The Bertz CT molecular complexity index is 771. The van der Waals surface area contributed by atoms with Gasteiger partial charge in [-0.25, -0.2) is 0 Å². The number of benzene rings is 1. The molecule has 0 aromatic heterocycles. The van der Waals surface area contributed by atoms with Gasteiger partial charge in [-0.15, -0.1) is 0 Å². The van der Waals surface area contributed by atoms with Crippen LogP contribution in [0.1, 0.15) is 37.7 Å². The minimum Gasteiger partial charge on any atom is -0.328 e. The lowest BCUT2D eigenvalue weighted by Crippen LogP contribution is -2.38. The summed E-state index contributed by atoms with van der Waals surface area (Å²) in [5.41, 5.74) is 6.75. The van der Waals surface area contributed by atoms with Crippen LogP contribution in [0.5, 0.6) is 0 Å². The molecule has 26 heavy (non-hydrogen) atoms. The van der Waals surface area contributed by atoms with Gasteiger partial charge in [0.1, 0.15) is 6.04 Å². The van der Waals surface area contributed by atoms with Crippen LogP contribution in [0.15, 0.2) is 29.2 Å². The lowest BCUT2D eigenvalue weighted by molar-refractivity contribution is -0.135. The number of nitrogens with two attached hydrogens (primary N) is 1. The molecule has 2 unspecified atom stereocenters. The van der Waals surface area contributed by atoms with Crippen molar-refractivity contribution in [2.45, 2.75) is 56.0 Å². The highest BCUT2D eigenvalue weighted by Crippen LogP contribution is 2.29. The first-order valence-electron chi connectivity index (χ1n) is 8.72. The van der Waals surface area contributed by atoms with Gasteiger partial charge in [0.15, 0.2) is 0 Å². The number of amides is 1. The van der Waals surface area contributed by atoms with E-state index in [0.29, 0.717) is 0 Å². The molecule has 7 nitrogen and oxygen atoms in total. The number of aryl methyl sites for hydroxylation is 1. The summed E-state index contributed by atoms with van der Waals surface area (Å²) in [7, 11) is -4.02. The summed E-state index contributed by atoms with van der Waals surface area (Å²) in [6, 6.07) is 8.19. The summed E-state index contributed by atoms with van der Waals surface area (Å²) in [5, 5.41) is 8.91. The van der Waals surface area contributed by atoms with Gasteiger partial charge in [-0.1, -0.05) is 17.7 Å². The predicted octanol–water partition coefficient (Wildman–Crippen LogP) is 1.87. The quantitative estimate of drug-likeness (QED) is 0.756. The second kappa shape index (κ2) is 8.62. The zero-order valence-electron chi connectivity index (χ0n) is 14.8. The third kappa shape index (κ3) is 5.27. The lowest BCUT2D eigenvalue weighted by Gasteiger charge is -2.23. The zero-order chi connectivity index (χ0) is 19.3. The summed E-state index contributed by atoms with van der Waals surface area (Å²) in [5.74, 6) is 0.237. The normalized spacial score (nSPS) is 25.3. The average Bonchev–Trinajstić information content (AvgIpc) is 3.23. The first-order valence-corrected chi connectivity index (χ1v) is 10.2. The molecule has 1 saturated heterocycles. The number of carbonyl (C=O) groups is 1. The van der Waals surface area contributed by atoms with E-state index < -0.39 is 10.1 Å². The van der Waals surface area contributed by atoms with E-state index in [4.69, 9.17) is 15.5 Å². The van der Waals surface area contributed by atoms with Crippen molar-refractivity contribution in [2.24, 2.45) is 11.7 Å². The highest BCUT2D eigenvalue weighted by Gasteiger charge is 2.36. The Morgan fingerprint density at radius 3 is 2.42 bits per heavy atom. The fourth-order valence-electron chi connectivity index (χ4n) is 3.35. The number of hydrogen-bond donors (Lipinski definition) is 2. The van der Waals surface area contributed by atoms with Crippen LogP contribution in [0.2, 0.25) is 0 Å². The fourth-order valence-corrected chi connectivity index (χ4v) is 3.83. The number of nitriles is 1. The Morgan fingerprint density at radius 1 is 1.27 bits per heavy atom. The van der Waals surface area contributed by atoms with Crippen molar-refractivity contribution < 1.29 is 17.8 Å². The second-order valence-corrected chi connectivity index (χ2v) is 8.30. The van der Waals surface area contributed by atoms with Gasteiger partial charge in [0.05, 0.1) is 11.0 Å². The van der Waals surface area contributed by atoms with E-state index in [1.165, 1.54) is 12.1 Å². The van der Waals surface area contributed by atoms with Gasteiger partial charge in [-0.2, -0.15) is 13.7 Å². The molecule has 1 aromatic carbocycles. The van der Waals surface area contributed by atoms with E-state index >= 15 is 0 Å². The molecule has 1 saturated carbocycles. The molecule has 8 heteroatoms. The summed E-state index contributed by atoms with van der Waals surface area (Å²) < 4.78 is 29.6. The summed E-state index contributed by atoms with van der Waals surface area (Å²) in [6.45, 7) is 2.59. The van der Waals surface area contributed by atoms with Crippen molar-refractivity contribution in [3.05, 3.63) is 29.8 Å². The van der Waals surface area contributed by atoms with Gasteiger partial charge in [0.25, 0.3) is 10.1 Å². The fraction of sp³-hybridized carbons (Fsp3) is 0.556. The molecule has 2 aliphatic rings. The largest absolute Gasteiger partial charge is 0.328 e. The number of rotatable bonds is 2. The number of hydrogen-bond acceptors (Lipinski definition) is 5. The molecular formula is C18H25N3O4S. The lowest BCUT2D eigenvalue weighted by atomic mass is 10.1. The molecular weight excluding hydrogens is 354 g/mol. The average molecular weight is 379 g/mol. The van der Waals surface area contributed by atoms with Crippen molar-refractivity contribution in [3.8, 4) is 6.07 Å². The molecule has 3 rings (SSSR count). The van der Waals surface area contributed by atoms with Crippen LogP contribution in [-0.4, -0.2) is 42.4 Å². The van der Waals surface area contributed by atoms with E-state index in [0.717, 1.165) is 44.2 Å². The molecule has 0 radical (unpaired) electrons. The van der Waals surface area contributed by atoms with Crippen LogP contribution in [0, 0.1) is 24.2 Å². The molecule has 1 aromatic rings. The van der Waals surface area contributed by atoms with Crippen molar-refractivity contribution >= 4 is 16.0 Å². The second-order valence-electron chi connectivity index (χ2n) is 6.88. The first-order chi connectivity index (χ1) is 12.2. The predicted molar refractivity (Wildman–Crippen MR) is 96.7 cm³/mol. The molecule has 0 spiro atoms. The maximum Gasteiger partial charge on any atom is 0.294 e. The van der Waals surface area contributed by atoms with Gasteiger partial charge in [-0.05, 0) is 51.2 Å².